The maximum atomic E-state index is 3.71. The van der Waals surface area contributed by atoms with Crippen LogP contribution in [0.5, 0.6) is 0 Å². The lowest BCUT2D eigenvalue weighted by Gasteiger charge is -2.39. The fraction of sp³-hybridized carbons (Fsp3) is 1.00. The molecule has 2 saturated carbocycles. The molecule has 0 aromatic heterocycles. The van der Waals surface area contributed by atoms with Crippen molar-refractivity contribution in [3.63, 3.8) is 0 Å². The third-order valence-corrected chi connectivity index (χ3v) is 5.33. The van der Waals surface area contributed by atoms with Crippen molar-refractivity contribution in [2.45, 2.75) is 83.7 Å². The molecule has 0 radical (unpaired) electrons. The molecule has 2 aliphatic carbocycles. The van der Waals surface area contributed by atoms with Crippen LogP contribution < -0.4 is 5.32 Å². The van der Waals surface area contributed by atoms with E-state index in [1.54, 1.807) is 0 Å². The fourth-order valence-electron chi connectivity index (χ4n) is 4.12. The average molecular weight is 266 g/mol. The topological polar surface area (TPSA) is 15.3 Å². The molecule has 2 rings (SSSR count). The number of nitrogens with one attached hydrogen (secondary N) is 1. The van der Waals surface area contributed by atoms with Crippen LogP contribution in [-0.4, -0.2) is 37.1 Å². The van der Waals surface area contributed by atoms with Crippen molar-refractivity contribution in [2.75, 3.05) is 20.1 Å². The van der Waals surface area contributed by atoms with Gasteiger partial charge in [0.15, 0.2) is 0 Å². The zero-order valence-electron chi connectivity index (χ0n) is 13.4. The SMILES string of the molecule is CC(C)NCC1(CN(C)C2CCCCC2)CCCC1. The molecule has 1 N–H and O–H groups in total. The van der Waals surface area contributed by atoms with Crippen molar-refractivity contribution in [2.24, 2.45) is 5.41 Å². The van der Waals surface area contributed by atoms with Crippen LogP contribution in [0.15, 0.2) is 0 Å². The second-order valence-corrected chi connectivity index (χ2v) is 7.45. The number of hydrogen-bond acceptors (Lipinski definition) is 2. The quantitative estimate of drug-likeness (QED) is 0.786. The molecule has 0 atom stereocenters. The molecule has 2 nitrogen and oxygen atoms in total. The van der Waals surface area contributed by atoms with Crippen molar-refractivity contribution >= 4 is 0 Å². The highest BCUT2D eigenvalue weighted by Crippen LogP contribution is 2.39. The molecule has 112 valence electrons. The molecule has 0 amide bonds. The highest BCUT2D eigenvalue weighted by Gasteiger charge is 2.36. The van der Waals surface area contributed by atoms with Crippen LogP contribution in [0.4, 0.5) is 0 Å². The first-order valence-corrected chi connectivity index (χ1v) is 8.55. The van der Waals surface area contributed by atoms with Gasteiger partial charge in [0.1, 0.15) is 0 Å². The summed E-state index contributed by atoms with van der Waals surface area (Å²) in [6.07, 6.45) is 13.0. The van der Waals surface area contributed by atoms with Gasteiger partial charge in [-0.3, -0.25) is 0 Å². The molecule has 0 aromatic carbocycles. The Kier molecular flexibility index (Phi) is 5.70. The van der Waals surface area contributed by atoms with Gasteiger partial charge in [-0.2, -0.15) is 0 Å². The van der Waals surface area contributed by atoms with Gasteiger partial charge in [0, 0.05) is 25.2 Å². The van der Waals surface area contributed by atoms with E-state index in [1.807, 2.05) is 0 Å². The van der Waals surface area contributed by atoms with Crippen molar-refractivity contribution < 1.29 is 0 Å². The van der Waals surface area contributed by atoms with E-state index in [4.69, 9.17) is 0 Å². The zero-order chi connectivity index (χ0) is 13.7. The predicted molar refractivity (Wildman–Crippen MR) is 83.5 cm³/mol. The molecular weight excluding hydrogens is 232 g/mol. The lowest BCUT2D eigenvalue weighted by atomic mass is 9.84. The van der Waals surface area contributed by atoms with Crippen LogP contribution in [0, 0.1) is 5.41 Å². The van der Waals surface area contributed by atoms with Gasteiger partial charge in [0.2, 0.25) is 0 Å². The molecule has 0 aliphatic heterocycles. The standard InChI is InChI=1S/C17H34N2/c1-15(2)18-13-17(11-7-8-12-17)14-19(3)16-9-5-4-6-10-16/h15-16,18H,4-14H2,1-3H3. The van der Waals surface area contributed by atoms with Gasteiger partial charge in [-0.1, -0.05) is 46.0 Å². The van der Waals surface area contributed by atoms with E-state index in [1.165, 1.54) is 70.9 Å². The van der Waals surface area contributed by atoms with Gasteiger partial charge < -0.3 is 10.2 Å². The summed E-state index contributed by atoms with van der Waals surface area (Å²) >= 11 is 0. The highest BCUT2D eigenvalue weighted by molar-refractivity contribution is 4.91. The van der Waals surface area contributed by atoms with Crippen molar-refractivity contribution in [3.8, 4) is 0 Å². The summed E-state index contributed by atoms with van der Waals surface area (Å²) in [5.41, 5.74) is 0.566. The number of rotatable bonds is 6. The van der Waals surface area contributed by atoms with Crippen LogP contribution in [0.3, 0.4) is 0 Å². The lowest BCUT2D eigenvalue weighted by molar-refractivity contribution is 0.112. The summed E-state index contributed by atoms with van der Waals surface area (Å²) in [4.78, 5) is 2.70. The van der Waals surface area contributed by atoms with Crippen LogP contribution in [0.2, 0.25) is 0 Å². The van der Waals surface area contributed by atoms with Crippen LogP contribution in [-0.2, 0) is 0 Å². The number of nitrogens with zero attached hydrogens (tertiary/aromatic N) is 1. The summed E-state index contributed by atoms with van der Waals surface area (Å²) in [5.74, 6) is 0. The maximum absolute atomic E-state index is 3.71. The Bertz CT molecular complexity index is 250. The Morgan fingerprint density at radius 2 is 1.68 bits per heavy atom. The summed E-state index contributed by atoms with van der Waals surface area (Å²) in [5, 5.41) is 3.71. The molecule has 0 aromatic rings. The van der Waals surface area contributed by atoms with Crippen LogP contribution >= 0.6 is 0 Å². The molecule has 0 bridgehead atoms. The Balaban J connectivity index is 1.87. The minimum Gasteiger partial charge on any atom is -0.314 e. The van der Waals surface area contributed by atoms with E-state index in [2.05, 4.69) is 31.1 Å². The molecule has 0 spiro atoms. The van der Waals surface area contributed by atoms with E-state index in [-0.39, 0.29) is 0 Å². The first kappa shape index (κ1) is 15.3. The van der Waals surface area contributed by atoms with Gasteiger partial charge in [-0.15, -0.1) is 0 Å². The first-order chi connectivity index (χ1) is 9.11. The van der Waals surface area contributed by atoms with Crippen molar-refractivity contribution in [1.82, 2.24) is 10.2 Å². The van der Waals surface area contributed by atoms with Crippen molar-refractivity contribution in [3.05, 3.63) is 0 Å². The van der Waals surface area contributed by atoms with E-state index >= 15 is 0 Å². The third-order valence-electron chi connectivity index (χ3n) is 5.33. The first-order valence-electron chi connectivity index (χ1n) is 8.55. The van der Waals surface area contributed by atoms with Gasteiger partial charge in [0.05, 0.1) is 0 Å². The van der Waals surface area contributed by atoms with Gasteiger partial charge >= 0.3 is 0 Å². The summed E-state index contributed by atoms with van der Waals surface area (Å²) in [6, 6.07) is 1.49. The molecule has 0 unspecified atom stereocenters. The second kappa shape index (κ2) is 7.08. The largest absolute Gasteiger partial charge is 0.314 e. The lowest BCUT2D eigenvalue weighted by Crippen LogP contribution is -2.46. The van der Waals surface area contributed by atoms with E-state index in [0.29, 0.717) is 11.5 Å². The average Bonchev–Trinajstić information content (AvgIpc) is 2.86. The fourth-order valence-corrected chi connectivity index (χ4v) is 4.12. The minimum atomic E-state index is 0.566. The Morgan fingerprint density at radius 3 is 2.26 bits per heavy atom. The molecule has 2 heteroatoms. The Morgan fingerprint density at radius 1 is 1.05 bits per heavy atom. The van der Waals surface area contributed by atoms with Gasteiger partial charge in [-0.25, -0.2) is 0 Å². The highest BCUT2D eigenvalue weighted by atomic mass is 15.1. The molecule has 0 saturated heterocycles. The maximum Gasteiger partial charge on any atom is 0.00924 e. The summed E-state index contributed by atoms with van der Waals surface area (Å²) < 4.78 is 0. The van der Waals surface area contributed by atoms with E-state index in [9.17, 15) is 0 Å². The summed E-state index contributed by atoms with van der Waals surface area (Å²) in [7, 11) is 2.38. The molecule has 0 heterocycles. The van der Waals surface area contributed by atoms with Crippen LogP contribution in [0.25, 0.3) is 0 Å². The second-order valence-electron chi connectivity index (χ2n) is 7.45. The molecule has 19 heavy (non-hydrogen) atoms. The number of hydrogen-bond donors (Lipinski definition) is 1. The van der Waals surface area contributed by atoms with E-state index in [0.717, 1.165) is 6.04 Å². The molecule has 2 fully saturated rings. The minimum absolute atomic E-state index is 0.566. The zero-order valence-corrected chi connectivity index (χ0v) is 13.4. The monoisotopic (exact) mass is 266 g/mol. The Hall–Kier alpha value is -0.0800. The molecular formula is C17H34N2. The smallest absolute Gasteiger partial charge is 0.00924 e. The third kappa shape index (κ3) is 4.46. The van der Waals surface area contributed by atoms with Crippen LogP contribution in [0.1, 0.15) is 71.6 Å². The van der Waals surface area contributed by atoms with Crippen molar-refractivity contribution in [1.29, 1.82) is 0 Å². The van der Waals surface area contributed by atoms with E-state index < -0.39 is 0 Å². The predicted octanol–water partition coefficient (Wildman–Crippen LogP) is 3.81. The molecule has 2 aliphatic rings. The normalized spacial score (nSPS) is 24.5. The van der Waals surface area contributed by atoms with Gasteiger partial charge in [-0.05, 0) is 38.1 Å². The summed E-state index contributed by atoms with van der Waals surface area (Å²) in [6.45, 7) is 7.08. The Labute approximate surface area is 120 Å². The van der Waals surface area contributed by atoms with Gasteiger partial charge in [0.25, 0.3) is 0 Å².